The van der Waals surface area contributed by atoms with Crippen molar-refractivity contribution in [1.82, 2.24) is 10.2 Å². The van der Waals surface area contributed by atoms with E-state index in [0.29, 0.717) is 23.6 Å². The summed E-state index contributed by atoms with van der Waals surface area (Å²) in [5.41, 5.74) is 0.403. The molecule has 114 valence electrons. The smallest absolute Gasteiger partial charge is 0.327 e. The van der Waals surface area contributed by atoms with E-state index in [1.54, 1.807) is 0 Å². The Bertz CT molecular complexity index is 556. The lowest BCUT2D eigenvalue weighted by Gasteiger charge is -2.32. The molecule has 1 fully saturated rings. The highest BCUT2D eigenvalue weighted by Crippen LogP contribution is 2.17. The van der Waals surface area contributed by atoms with Gasteiger partial charge < -0.3 is 15.3 Å². The summed E-state index contributed by atoms with van der Waals surface area (Å²) in [6, 6.07) is 1.95. The van der Waals surface area contributed by atoms with Gasteiger partial charge in [-0.05, 0) is 17.7 Å². The molecule has 0 saturated carbocycles. The minimum Gasteiger partial charge on any atom is -0.480 e. The maximum Gasteiger partial charge on any atom is 0.327 e. The quantitative estimate of drug-likeness (QED) is 0.890. The van der Waals surface area contributed by atoms with Gasteiger partial charge in [-0.1, -0.05) is 6.07 Å². The number of aliphatic carboxylic acids is 1. The number of hydrogen-bond donors (Lipinski definition) is 2. The molecule has 1 unspecified atom stereocenters. The normalized spacial score (nSPS) is 18.4. The molecule has 5 nitrogen and oxygen atoms in total. The number of halogens is 2. The molecule has 21 heavy (non-hydrogen) atoms. The Hall–Kier alpha value is -1.83. The van der Waals surface area contributed by atoms with E-state index in [4.69, 9.17) is 5.11 Å². The molecule has 8 heteroatoms. The van der Waals surface area contributed by atoms with Gasteiger partial charge in [-0.2, -0.15) is 11.8 Å². The van der Waals surface area contributed by atoms with E-state index in [-0.39, 0.29) is 6.54 Å². The summed E-state index contributed by atoms with van der Waals surface area (Å²) in [7, 11) is 0. The van der Waals surface area contributed by atoms with Gasteiger partial charge >= 0.3 is 12.0 Å². The van der Waals surface area contributed by atoms with E-state index in [0.717, 1.165) is 12.1 Å². The maximum absolute atomic E-state index is 13.0. The molecule has 0 radical (unpaired) electrons. The van der Waals surface area contributed by atoms with Gasteiger partial charge in [0, 0.05) is 24.6 Å². The van der Waals surface area contributed by atoms with Crippen LogP contribution in [0.4, 0.5) is 13.6 Å². The summed E-state index contributed by atoms with van der Waals surface area (Å²) < 4.78 is 25.8. The van der Waals surface area contributed by atoms with Crippen LogP contribution in [0.3, 0.4) is 0 Å². The average Bonchev–Trinajstić information content (AvgIpc) is 2.48. The van der Waals surface area contributed by atoms with Crippen molar-refractivity contribution in [3.63, 3.8) is 0 Å². The number of thioether (sulfide) groups is 1. The van der Waals surface area contributed by atoms with Crippen molar-refractivity contribution in [2.24, 2.45) is 0 Å². The molecule has 0 bridgehead atoms. The van der Waals surface area contributed by atoms with Crippen LogP contribution in [0.15, 0.2) is 18.2 Å². The van der Waals surface area contributed by atoms with Crippen LogP contribution in [-0.2, 0) is 11.3 Å². The van der Waals surface area contributed by atoms with Crippen molar-refractivity contribution in [3.8, 4) is 0 Å². The van der Waals surface area contributed by atoms with Crippen LogP contribution in [0.1, 0.15) is 5.56 Å². The number of nitrogens with one attached hydrogen (secondary N) is 1. The van der Waals surface area contributed by atoms with E-state index < -0.39 is 29.7 Å². The molecule has 2 rings (SSSR count). The number of hydrogen-bond acceptors (Lipinski definition) is 3. The van der Waals surface area contributed by atoms with Crippen LogP contribution in [-0.4, -0.2) is 46.1 Å². The summed E-state index contributed by atoms with van der Waals surface area (Å²) >= 11 is 1.48. The first kappa shape index (κ1) is 15.6. The van der Waals surface area contributed by atoms with E-state index >= 15 is 0 Å². The van der Waals surface area contributed by atoms with Gasteiger partial charge in [0.15, 0.2) is 11.6 Å². The number of carboxylic acid groups (broad SMARTS) is 1. The Morgan fingerprint density at radius 1 is 1.38 bits per heavy atom. The van der Waals surface area contributed by atoms with Gasteiger partial charge in [0.05, 0.1) is 0 Å². The summed E-state index contributed by atoms with van der Waals surface area (Å²) in [5.74, 6) is -1.98. The third kappa shape index (κ3) is 3.84. The molecule has 1 aliphatic rings. The molecule has 1 saturated heterocycles. The van der Waals surface area contributed by atoms with Crippen LogP contribution >= 0.6 is 11.8 Å². The van der Waals surface area contributed by atoms with Gasteiger partial charge in [-0.25, -0.2) is 18.4 Å². The molecule has 0 aromatic heterocycles. The predicted molar refractivity (Wildman–Crippen MR) is 74.0 cm³/mol. The lowest BCUT2D eigenvalue weighted by Crippen LogP contribution is -2.53. The summed E-state index contributed by atoms with van der Waals surface area (Å²) in [6.07, 6.45) is 0. The van der Waals surface area contributed by atoms with Crippen molar-refractivity contribution in [1.29, 1.82) is 0 Å². The standard InChI is InChI=1S/C13H14F2N2O3S/c14-9-2-1-8(5-10(9)15)6-16-13(20)17-3-4-21-7-11(17)12(18)19/h1-2,5,11H,3-4,6-7H2,(H,16,20)(H,18,19). The highest BCUT2D eigenvalue weighted by molar-refractivity contribution is 7.99. The van der Waals surface area contributed by atoms with E-state index in [9.17, 15) is 18.4 Å². The second kappa shape index (κ2) is 6.75. The first-order valence-corrected chi connectivity index (χ1v) is 7.43. The topological polar surface area (TPSA) is 69.6 Å². The summed E-state index contributed by atoms with van der Waals surface area (Å²) in [6.45, 7) is 0.345. The third-order valence-electron chi connectivity index (χ3n) is 3.10. The lowest BCUT2D eigenvalue weighted by molar-refractivity contribution is -0.141. The molecule has 1 heterocycles. The van der Waals surface area contributed by atoms with Crippen molar-refractivity contribution >= 4 is 23.8 Å². The molecule has 2 amide bonds. The van der Waals surface area contributed by atoms with Crippen molar-refractivity contribution in [2.75, 3.05) is 18.1 Å². The molecule has 2 N–H and O–H groups in total. The third-order valence-corrected chi connectivity index (χ3v) is 4.12. The molecule has 1 aromatic rings. The second-order valence-electron chi connectivity index (χ2n) is 4.53. The van der Waals surface area contributed by atoms with Gasteiger partial charge in [-0.15, -0.1) is 0 Å². The van der Waals surface area contributed by atoms with E-state index in [1.807, 2.05) is 0 Å². The van der Waals surface area contributed by atoms with Gasteiger partial charge in [0.25, 0.3) is 0 Å². The Morgan fingerprint density at radius 2 is 2.14 bits per heavy atom. The number of nitrogens with zero attached hydrogens (tertiary/aromatic N) is 1. The second-order valence-corrected chi connectivity index (χ2v) is 5.68. The average molecular weight is 316 g/mol. The highest BCUT2D eigenvalue weighted by Gasteiger charge is 2.32. The zero-order valence-electron chi connectivity index (χ0n) is 11.0. The monoisotopic (exact) mass is 316 g/mol. The minimum atomic E-state index is -1.05. The molecule has 0 spiro atoms. The van der Waals surface area contributed by atoms with Crippen LogP contribution in [0, 0.1) is 11.6 Å². The predicted octanol–water partition coefficient (Wildman–Crippen LogP) is 1.68. The number of carbonyl (C=O) groups is 2. The fourth-order valence-electron chi connectivity index (χ4n) is 1.98. The number of carbonyl (C=O) groups excluding carboxylic acids is 1. The fourth-order valence-corrected chi connectivity index (χ4v) is 3.02. The van der Waals surface area contributed by atoms with Gasteiger partial charge in [0.2, 0.25) is 0 Å². The van der Waals surface area contributed by atoms with Crippen molar-refractivity contribution < 1.29 is 23.5 Å². The zero-order chi connectivity index (χ0) is 15.4. The van der Waals surface area contributed by atoms with Crippen LogP contribution in [0.2, 0.25) is 0 Å². The molecule has 0 aliphatic carbocycles. The van der Waals surface area contributed by atoms with Crippen LogP contribution < -0.4 is 5.32 Å². The summed E-state index contributed by atoms with van der Waals surface area (Å²) in [5, 5.41) is 11.6. The first-order chi connectivity index (χ1) is 9.99. The highest BCUT2D eigenvalue weighted by atomic mass is 32.2. The Labute approximate surface area is 124 Å². The number of rotatable bonds is 3. The van der Waals surface area contributed by atoms with Crippen LogP contribution in [0.25, 0.3) is 0 Å². The molecule has 1 aliphatic heterocycles. The van der Waals surface area contributed by atoms with Gasteiger partial charge in [-0.3, -0.25) is 0 Å². The number of amides is 2. The summed E-state index contributed by atoms with van der Waals surface area (Å²) in [4.78, 5) is 24.4. The van der Waals surface area contributed by atoms with E-state index in [2.05, 4.69) is 5.32 Å². The largest absolute Gasteiger partial charge is 0.480 e. The molecule has 1 aromatic carbocycles. The molecular formula is C13H14F2N2O3S. The Kier molecular flexibility index (Phi) is 5.00. The lowest BCUT2D eigenvalue weighted by atomic mass is 10.2. The minimum absolute atomic E-state index is 0.00597. The number of urea groups is 1. The van der Waals surface area contributed by atoms with Crippen molar-refractivity contribution in [3.05, 3.63) is 35.4 Å². The zero-order valence-corrected chi connectivity index (χ0v) is 11.8. The van der Waals surface area contributed by atoms with Crippen molar-refractivity contribution in [2.45, 2.75) is 12.6 Å². The number of carboxylic acids is 1. The molecule has 1 atom stereocenters. The Balaban J connectivity index is 1.96. The van der Waals surface area contributed by atoms with E-state index in [1.165, 1.54) is 22.7 Å². The SMILES string of the molecule is O=C(O)C1CSCCN1C(=O)NCc1ccc(F)c(F)c1. The fraction of sp³-hybridized carbons (Fsp3) is 0.385. The van der Waals surface area contributed by atoms with Crippen LogP contribution in [0.5, 0.6) is 0 Å². The van der Waals surface area contributed by atoms with Gasteiger partial charge in [0.1, 0.15) is 6.04 Å². The molecular weight excluding hydrogens is 302 g/mol. The first-order valence-electron chi connectivity index (χ1n) is 6.28. The number of benzene rings is 1. The Morgan fingerprint density at radius 3 is 2.81 bits per heavy atom. The maximum atomic E-state index is 13.0.